The van der Waals surface area contributed by atoms with Gasteiger partial charge in [-0.25, -0.2) is 9.97 Å². The van der Waals surface area contributed by atoms with Crippen LogP contribution in [0.25, 0.3) is 16.3 Å². The van der Waals surface area contributed by atoms with Crippen LogP contribution in [0.3, 0.4) is 0 Å². The van der Waals surface area contributed by atoms with Crippen molar-refractivity contribution < 1.29 is 18.0 Å². The number of piperidine rings is 1. The third-order valence-electron chi connectivity index (χ3n) is 6.60. The molecule has 1 N–H and O–H groups in total. The lowest BCUT2D eigenvalue weighted by Crippen LogP contribution is -2.39. The van der Waals surface area contributed by atoms with E-state index < -0.39 is 12.6 Å². The Morgan fingerprint density at radius 2 is 1.97 bits per heavy atom. The molecule has 0 radical (unpaired) electrons. The van der Waals surface area contributed by atoms with Crippen molar-refractivity contribution in [2.45, 2.75) is 51.4 Å². The first-order chi connectivity index (χ1) is 16.2. The molecule has 9 heteroatoms. The Balaban J connectivity index is 1.22. The Kier molecular flexibility index (Phi) is 6.16. The largest absolute Gasteiger partial charge is 0.393 e. The Bertz CT molecular complexity index is 1260. The molecular weight excluding hydrogens is 461 g/mol. The van der Waals surface area contributed by atoms with Crippen molar-refractivity contribution in [3.63, 3.8) is 0 Å². The van der Waals surface area contributed by atoms with Gasteiger partial charge in [-0.05, 0) is 54.2 Å². The quantitative estimate of drug-likeness (QED) is 0.529. The number of hydrogen-bond donors (Lipinski definition) is 1. The monoisotopic (exact) mass is 486 g/mol. The van der Waals surface area contributed by atoms with Gasteiger partial charge in [0.1, 0.15) is 17.0 Å². The summed E-state index contributed by atoms with van der Waals surface area (Å²) in [5.41, 5.74) is 4.77. The van der Waals surface area contributed by atoms with Gasteiger partial charge in [0.2, 0.25) is 0 Å². The summed E-state index contributed by atoms with van der Waals surface area (Å²) in [7, 11) is 0. The summed E-state index contributed by atoms with van der Waals surface area (Å²) in [6, 6.07) is 5.98. The SMILES string of the molecule is Cc1c(CN2CCC(Nc3ncnc4sc(CC(F)(F)F)cc34)CC2)ccc2c1C=CC(=O)C2. The van der Waals surface area contributed by atoms with Gasteiger partial charge >= 0.3 is 6.18 Å². The second-order valence-corrected chi connectivity index (χ2v) is 10.2. The maximum Gasteiger partial charge on any atom is 0.393 e. The van der Waals surface area contributed by atoms with E-state index in [-0.39, 0.29) is 16.7 Å². The molecule has 34 heavy (non-hydrogen) atoms. The molecule has 3 heterocycles. The number of ketones is 1. The molecule has 0 spiro atoms. The normalized spacial score (nSPS) is 17.4. The topological polar surface area (TPSA) is 58.1 Å². The van der Waals surface area contributed by atoms with E-state index in [1.165, 1.54) is 23.0 Å². The zero-order chi connectivity index (χ0) is 23.9. The number of nitrogens with zero attached hydrogens (tertiary/aromatic N) is 3. The minimum Gasteiger partial charge on any atom is -0.367 e. The van der Waals surface area contributed by atoms with Gasteiger partial charge in [-0.15, -0.1) is 11.3 Å². The molecule has 1 fully saturated rings. The number of aromatic nitrogens is 2. The van der Waals surface area contributed by atoms with Gasteiger partial charge < -0.3 is 5.32 Å². The second kappa shape index (κ2) is 9.11. The molecule has 1 saturated heterocycles. The van der Waals surface area contributed by atoms with Gasteiger partial charge in [0.05, 0.1) is 11.8 Å². The molecule has 2 aliphatic rings. The third kappa shape index (κ3) is 5.00. The van der Waals surface area contributed by atoms with Gasteiger partial charge in [0.15, 0.2) is 5.78 Å². The fourth-order valence-corrected chi connectivity index (χ4v) is 5.81. The van der Waals surface area contributed by atoms with Crippen molar-refractivity contribution in [1.29, 1.82) is 0 Å². The lowest BCUT2D eigenvalue weighted by Gasteiger charge is -2.33. The maximum absolute atomic E-state index is 12.8. The number of carbonyl (C=O) groups is 1. The van der Waals surface area contributed by atoms with Crippen LogP contribution in [0.4, 0.5) is 19.0 Å². The summed E-state index contributed by atoms with van der Waals surface area (Å²) in [5, 5.41) is 4.11. The highest BCUT2D eigenvalue weighted by molar-refractivity contribution is 7.18. The number of nitrogens with one attached hydrogen (secondary N) is 1. The molecule has 0 amide bonds. The maximum atomic E-state index is 12.8. The van der Waals surface area contributed by atoms with Gasteiger partial charge in [0.25, 0.3) is 0 Å². The number of anilines is 1. The number of benzene rings is 1. The molecule has 5 rings (SSSR count). The van der Waals surface area contributed by atoms with E-state index in [4.69, 9.17) is 0 Å². The Labute approximate surface area is 199 Å². The zero-order valence-electron chi connectivity index (χ0n) is 18.8. The molecule has 5 nitrogen and oxygen atoms in total. The Morgan fingerprint density at radius 1 is 1.18 bits per heavy atom. The minimum absolute atomic E-state index is 0.147. The predicted molar refractivity (Wildman–Crippen MR) is 128 cm³/mol. The number of alkyl halides is 3. The average Bonchev–Trinajstić information content (AvgIpc) is 3.18. The molecule has 0 unspecified atom stereocenters. The van der Waals surface area contributed by atoms with Crippen molar-refractivity contribution in [2.24, 2.45) is 0 Å². The van der Waals surface area contributed by atoms with E-state index >= 15 is 0 Å². The van der Waals surface area contributed by atoms with E-state index in [1.54, 1.807) is 12.1 Å². The summed E-state index contributed by atoms with van der Waals surface area (Å²) in [5.74, 6) is 0.759. The highest BCUT2D eigenvalue weighted by atomic mass is 32.1. The molecule has 1 aliphatic heterocycles. The smallest absolute Gasteiger partial charge is 0.367 e. The Morgan fingerprint density at radius 3 is 2.74 bits per heavy atom. The highest BCUT2D eigenvalue weighted by Gasteiger charge is 2.29. The van der Waals surface area contributed by atoms with Crippen LogP contribution in [0.15, 0.2) is 30.6 Å². The number of rotatable bonds is 5. The molecule has 0 bridgehead atoms. The van der Waals surface area contributed by atoms with E-state index in [0.29, 0.717) is 22.5 Å². The van der Waals surface area contributed by atoms with Crippen LogP contribution < -0.4 is 5.32 Å². The Hall–Kier alpha value is -2.78. The number of fused-ring (bicyclic) bond motifs is 2. The summed E-state index contributed by atoms with van der Waals surface area (Å²) < 4.78 is 38.4. The highest BCUT2D eigenvalue weighted by Crippen LogP contribution is 2.33. The predicted octanol–water partition coefficient (Wildman–Crippen LogP) is 5.32. The molecule has 1 aliphatic carbocycles. The van der Waals surface area contributed by atoms with Gasteiger partial charge in [0, 0.05) is 37.0 Å². The first-order valence-corrected chi connectivity index (χ1v) is 12.2. The number of hydrogen-bond acceptors (Lipinski definition) is 6. The average molecular weight is 487 g/mol. The summed E-state index contributed by atoms with van der Waals surface area (Å²) in [6.07, 6.45) is 2.14. The van der Waals surface area contributed by atoms with Crippen molar-refractivity contribution in [1.82, 2.24) is 14.9 Å². The van der Waals surface area contributed by atoms with Crippen molar-refractivity contribution in [2.75, 3.05) is 18.4 Å². The van der Waals surface area contributed by atoms with Gasteiger partial charge in [-0.1, -0.05) is 18.2 Å². The molecule has 0 saturated carbocycles. The van der Waals surface area contributed by atoms with E-state index in [1.807, 2.05) is 6.08 Å². The number of halogens is 3. The van der Waals surface area contributed by atoms with Crippen LogP contribution in [0.2, 0.25) is 0 Å². The fourth-order valence-electron chi connectivity index (χ4n) is 4.78. The number of thiophene rings is 1. The molecule has 3 aromatic rings. The van der Waals surface area contributed by atoms with Crippen molar-refractivity contribution >= 4 is 39.2 Å². The first-order valence-electron chi connectivity index (χ1n) is 11.4. The van der Waals surface area contributed by atoms with Crippen LogP contribution in [0.5, 0.6) is 0 Å². The summed E-state index contributed by atoms with van der Waals surface area (Å²) in [4.78, 5) is 23.4. The molecule has 1 aromatic carbocycles. The van der Waals surface area contributed by atoms with Crippen LogP contribution in [-0.4, -0.2) is 46.0 Å². The van der Waals surface area contributed by atoms with Crippen molar-refractivity contribution in [3.05, 3.63) is 57.7 Å². The zero-order valence-corrected chi connectivity index (χ0v) is 19.6. The molecular formula is C25H25F3N4OS. The molecule has 178 valence electrons. The number of likely N-dealkylation sites (tertiary alicyclic amines) is 1. The van der Waals surface area contributed by atoms with Crippen LogP contribution in [0, 0.1) is 6.92 Å². The fraction of sp³-hybridized carbons (Fsp3) is 0.400. The molecule has 2 aromatic heterocycles. The number of allylic oxidation sites excluding steroid dienone is 1. The second-order valence-electron chi connectivity index (χ2n) is 9.04. The van der Waals surface area contributed by atoms with E-state index in [9.17, 15) is 18.0 Å². The van der Waals surface area contributed by atoms with Gasteiger partial charge in [-0.3, -0.25) is 9.69 Å². The lowest BCUT2D eigenvalue weighted by molar-refractivity contribution is -0.126. The van der Waals surface area contributed by atoms with Crippen LogP contribution >= 0.6 is 11.3 Å². The van der Waals surface area contributed by atoms with Gasteiger partial charge in [-0.2, -0.15) is 13.2 Å². The summed E-state index contributed by atoms with van der Waals surface area (Å²) >= 11 is 1.07. The van der Waals surface area contributed by atoms with E-state index in [2.05, 4.69) is 39.2 Å². The standard InChI is InChI=1S/C25H25F3N4OS/c1-15-17(3-2-16-10-19(33)4-5-21(15)16)13-32-8-6-18(7-9-32)31-23-22-11-20(12-25(26,27)28)34-24(22)30-14-29-23/h2-5,11,14,18H,6-10,12-13H2,1H3,(H,29,30,31). The molecule has 0 atom stereocenters. The van der Waals surface area contributed by atoms with Crippen molar-refractivity contribution in [3.8, 4) is 0 Å². The van der Waals surface area contributed by atoms with E-state index in [0.717, 1.165) is 49.4 Å². The number of carbonyl (C=O) groups excluding carboxylic acids is 1. The first kappa shape index (κ1) is 23.0. The minimum atomic E-state index is -4.24. The lowest BCUT2D eigenvalue weighted by atomic mass is 9.90. The third-order valence-corrected chi connectivity index (χ3v) is 7.64. The van der Waals surface area contributed by atoms with Crippen LogP contribution in [0.1, 0.15) is 40.0 Å². The van der Waals surface area contributed by atoms with Crippen LogP contribution in [-0.2, 0) is 24.2 Å². The summed E-state index contributed by atoms with van der Waals surface area (Å²) in [6.45, 7) is 4.81.